The minimum Gasteiger partial charge on any atom is -0.376 e. The molecule has 0 aromatic heterocycles. The molecule has 0 radical (unpaired) electrons. The van der Waals surface area contributed by atoms with Crippen LogP contribution in [0.2, 0.25) is 0 Å². The van der Waals surface area contributed by atoms with Gasteiger partial charge in [0.2, 0.25) is 0 Å². The second-order valence-electron chi connectivity index (χ2n) is 4.55. The highest BCUT2D eigenvalue weighted by Crippen LogP contribution is 2.24. The van der Waals surface area contributed by atoms with Crippen molar-refractivity contribution in [1.29, 1.82) is 0 Å². The number of hydrogen-bond donors (Lipinski definition) is 1. The molecule has 1 rings (SSSR count). The Kier molecular flexibility index (Phi) is 6.97. The van der Waals surface area contributed by atoms with Crippen LogP contribution in [0.15, 0.2) is 22.7 Å². The van der Waals surface area contributed by atoms with Crippen molar-refractivity contribution in [2.24, 2.45) is 0 Å². The van der Waals surface area contributed by atoms with Gasteiger partial charge in [-0.3, -0.25) is 10.1 Å². The van der Waals surface area contributed by atoms with Crippen LogP contribution >= 0.6 is 15.9 Å². The van der Waals surface area contributed by atoms with Crippen LogP contribution in [-0.4, -0.2) is 24.1 Å². The lowest BCUT2D eigenvalue weighted by Crippen LogP contribution is -2.24. The van der Waals surface area contributed by atoms with Crippen molar-refractivity contribution in [3.8, 4) is 0 Å². The first-order chi connectivity index (χ1) is 9.00. The SMILES string of the molecule is CC(C)NCCCOCc1ccc(Br)cc1[N+](=O)[O-]. The standard InChI is InChI=1S/C13H19BrN2O3/c1-10(2)15-6-3-7-19-9-11-4-5-12(14)8-13(11)16(17)18/h4-5,8,10,15H,3,6-7,9H2,1-2H3. The highest BCUT2D eigenvalue weighted by atomic mass is 79.9. The maximum Gasteiger partial charge on any atom is 0.276 e. The van der Waals surface area contributed by atoms with Gasteiger partial charge in [0, 0.05) is 23.2 Å². The molecule has 1 aromatic rings. The highest BCUT2D eigenvalue weighted by molar-refractivity contribution is 9.10. The highest BCUT2D eigenvalue weighted by Gasteiger charge is 2.13. The smallest absolute Gasteiger partial charge is 0.276 e. The molecule has 1 aromatic carbocycles. The number of nitro benzene ring substituents is 1. The average Bonchev–Trinajstić information content (AvgIpc) is 2.34. The van der Waals surface area contributed by atoms with Crippen LogP contribution < -0.4 is 5.32 Å². The van der Waals surface area contributed by atoms with E-state index in [1.54, 1.807) is 12.1 Å². The van der Waals surface area contributed by atoms with Crippen molar-refractivity contribution in [2.45, 2.75) is 32.9 Å². The van der Waals surface area contributed by atoms with E-state index in [0.717, 1.165) is 13.0 Å². The summed E-state index contributed by atoms with van der Waals surface area (Å²) in [7, 11) is 0. The summed E-state index contributed by atoms with van der Waals surface area (Å²) in [6, 6.07) is 5.46. The molecule has 0 spiro atoms. The molecule has 0 bridgehead atoms. The Hall–Kier alpha value is -0.980. The molecule has 19 heavy (non-hydrogen) atoms. The minimum atomic E-state index is -0.385. The maximum absolute atomic E-state index is 10.9. The van der Waals surface area contributed by atoms with Gasteiger partial charge in [0.05, 0.1) is 17.1 Å². The van der Waals surface area contributed by atoms with E-state index in [1.165, 1.54) is 6.07 Å². The number of nitrogens with zero attached hydrogens (tertiary/aromatic N) is 1. The summed E-state index contributed by atoms with van der Waals surface area (Å²) < 4.78 is 6.17. The molecule has 0 saturated heterocycles. The number of ether oxygens (including phenoxy) is 1. The van der Waals surface area contributed by atoms with Crippen molar-refractivity contribution in [1.82, 2.24) is 5.32 Å². The Morgan fingerprint density at radius 1 is 1.47 bits per heavy atom. The molecule has 0 heterocycles. The van der Waals surface area contributed by atoms with Gasteiger partial charge in [-0.2, -0.15) is 0 Å². The normalized spacial score (nSPS) is 10.9. The molecule has 0 aliphatic rings. The first kappa shape index (κ1) is 16.1. The van der Waals surface area contributed by atoms with E-state index in [2.05, 4.69) is 35.1 Å². The third-order valence-corrected chi connectivity index (χ3v) is 3.01. The van der Waals surface area contributed by atoms with Crippen molar-refractivity contribution in [3.05, 3.63) is 38.3 Å². The molecule has 1 N–H and O–H groups in total. The third-order valence-electron chi connectivity index (χ3n) is 2.52. The molecule has 0 aliphatic heterocycles. The predicted octanol–water partition coefficient (Wildman–Crippen LogP) is 3.26. The van der Waals surface area contributed by atoms with Gasteiger partial charge < -0.3 is 10.1 Å². The number of benzene rings is 1. The monoisotopic (exact) mass is 330 g/mol. The Bertz CT molecular complexity index is 424. The summed E-state index contributed by atoms with van der Waals surface area (Å²) in [5, 5.41) is 14.2. The van der Waals surface area contributed by atoms with Gasteiger partial charge in [-0.25, -0.2) is 0 Å². The zero-order chi connectivity index (χ0) is 14.3. The fourth-order valence-corrected chi connectivity index (χ4v) is 1.93. The lowest BCUT2D eigenvalue weighted by molar-refractivity contribution is -0.386. The summed E-state index contributed by atoms with van der Waals surface area (Å²) in [6.45, 7) is 5.93. The van der Waals surface area contributed by atoms with E-state index in [-0.39, 0.29) is 17.2 Å². The number of halogens is 1. The lowest BCUT2D eigenvalue weighted by Gasteiger charge is -2.08. The Balaban J connectivity index is 2.39. The summed E-state index contributed by atoms with van der Waals surface area (Å²) >= 11 is 3.23. The largest absolute Gasteiger partial charge is 0.376 e. The van der Waals surface area contributed by atoms with Crippen LogP contribution in [0.1, 0.15) is 25.8 Å². The molecule has 0 saturated carbocycles. The molecule has 0 atom stereocenters. The summed E-state index contributed by atoms with van der Waals surface area (Å²) in [5.41, 5.74) is 0.694. The Morgan fingerprint density at radius 2 is 2.21 bits per heavy atom. The first-order valence-corrected chi connectivity index (χ1v) is 7.04. The molecule has 0 fully saturated rings. The van der Waals surface area contributed by atoms with Crippen molar-refractivity contribution >= 4 is 21.6 Å². The number of hydrogen-bond acceptors (Lipinski definition) is 4. The fourth-order valence-electron chi connectivity index (χ4n) is 1.58. The Labute approximate surface area is 121 Å². The van der Waals surface area contributed by atoms with E-state index < -0.39 is 0 Å². The summed E-state index contributed by atoms with van der Waals surface area (Å²) in [5.74, 6) is 0. The van der Waals surface area contributed by atoms with E-state index in [9.17, 15) is 10.1 Å². The Morgan fingerprint density at radius 3 is 2.84 bits per heavy atom. The molecule has 0 amide bonds. The van der Waals surface area contributed by atoms with E-state index in [4.69, 9.17) is 4.74 Å². The zero-order valence-electron chi connectivity index (χ0n) is 11.2. The van der Waals surface area contributed by atoms with Gasteiger partial charge in [-0.05, 0) is 25.1 Å². The number of nitro groups is 1. The van der Waals surface area contributed by atoms with Gasteiger partial charge in [0.25, 0.3) is 5.69 Å². The van der Waals surface area contributed by atoms with Crippen LogP contribution in [0.25, 0.3) is 0 Å². The van der Waals surface area contributed by atoms with Crippen LogP contribution in [0, 0.1) is 10.1 Å². The minimum absolute atomic E-state index is 0.0923. The molecular formula is C13H19BrN2O3. The quantitative estimate of drug-likeness (QED) is 0.451. The second kappa shape index (κ2) is 8.24. The van der Waals surface area contributed by atoms with E-state index >= 15 is 0 Å². The molecule has 0 unspecified atom stereocenters. The topological polar surface area (TPSA) is 64.4 Å². The van der Waals surface area contributed by atoms with Gasteiger partial charge in [0.15, 0.2) is 0 Å². The predicted molar refractivity (Wildman–Crippen MR) is 78.2 cm³/mol. The number of nitrogens with one attached hydrogen (secondary N) is 1. The molecular weight excluding hydrogens is 312 g/mol. The molecule has 5 nitrogen and oxygen atoms in total. The van der Waals surface area contributed by atoms with Crippen LogP contribution in [-0.2, 0) is 11.3 Å². The second-order valence-corrected chi connectivity index (χ2v) is 5.46. The zero-order valence-corrected chi connectivity index (χ0v) is 12.8. The van der Waals surface area contributed by atoms with Crippen molar-refractivity contribution in [2.75, 3.05) is 13.2 Å². The summed E-state index contributed by atoms with van der Waals surface area (Å²) in [4.78, 5) is 10.5. The third kappa shape index (κ3) is 6.13. The first-order valence-electron chi connectivity index (χ1n) is 6.24. The molecule has 6 heteroatoms. The van der Waals surface area contributed by atoms with Gasteiger partial charge in [-0.15, -0.1) is 0 Å². The van der Waals surface area contributed by atoms with E-state index in [1.807, 2.05) is 0 Å². The maximum atomic E-state index is 10.9. The van der Waals surface area contributed by atoms with Crippen LogP contribution in [0.5, 0.6) is 0 Å². The average molecular weight is 331 g/mol. The van der Waals surface area contributed by atoms with Gasteiger partial charge in [-0.1, -0.05) is 29.8 Å². The number of rotatable bonds is 8. The van der Waals surface area contributed by atoms with E-state index in [0.29, 0.717) is 22.7 Å². The molecule has 0 aliphatic carbocycles. The molecule has 106 valence electrons. The van der Waals surface area contributed by atoms with Gasteiger partial charge in [0.1, 0.15) is 0 Å². The van der Waals surface area contributed by atoms with Crippen LogP contribution in [0.3, 0.4) is 0 Å². The van der Waals surface area contributed by atoms with Crippen molar-refractivity contribution < 1.29 is 9.66 Å². The van der Waals surface area contributed by atoms with Gasteiger partial charge >= 0.3 is 0 Å². The lowest BCUT2D eigenvalue weighted by atomic mass is 10.2. The summed E-state index contributed by atoms with van der Waals surface area (Å²) in [6.07, 6.45) is 0.891. The van der Waals surface area contributed by atoms with Crippen molar-refractivity contribution in [3.63, 3.8) is 0 Å². The fraction of sp³-hybridized carbons (Fsp3) is 0.538. The van der Waals surface area contributed by atoms with Crippen LogP contribution in [0.4, 0.5) is 5.69 Å².